The molecule has 2 rings (SSSR count). The Morgan fingerprint density at radius 3 is 2.87 bits per heavy atom. The van der Waals surface area contributed by atoms with E-state index in [1.807, 2.05) is 12.1 Å². The highest BCUT2D eigenvalue weighted by Crippen LogP contribution is 2.40. The van der Waals surface area contributed by atoms with Gasteiger partial charge in [0.05, 0.1) is 7.11 Å². The van der Waals surface area contributed by atoms with Crippen LogP contribution < -0.4 is 14.2 Å². The SMILES string of the molecule is COc1cc(CCS)cc2c1OCCO2. The van der Waals surface area contributed by atoms with E-state index in [0.717, 1.165) is 29.2 Å². The highest BCUT2D eigenvalue weighted by Gasteiger charge is 2.17. The maximum atomic E-state index is 5.52. The molecule has 0 bridgehead atoms. The molecule has 1 aromatic carbocycles. The van der Waals surface area contributed by atoms with E-state index in [9.17, 15) is 0 Å². The predicted molar refractivity (Wildman–Crippen MR) is 61.5 cm³/mol. The van der Waals surface area contributed by atoms with Crippen molar-refractivity contribution in [3.63, 3.8) is 0 Å². The first-order valence-corrected chi connectivity index (χ1v) is 5.55. The molecule has 3 nitrogen and oxygen atoms in total. The van der Waals surface area contributed by atoms with Crippen LogP contribution in [0.2, 0.25) is 0 Å². The molecule has 0 aromatic heterocycles. The highest BCUT2D eigenvalue weighted by atomic mass is 32.1. The molecular formula is C11H14O3S. The lowest BCUT2D eigenvalue weighted by Crippen LogP contribution is -2.16. The minimum atomic E-state index is 0.579. The minimum Gasteiger partial charge on any atom is -0.493 e. The first kappa shape index (κ1) is 10.5. The van der Waals surface area contributed by atoms with Gasteiger partial charge < -0.3 is 14.2 Å². The lowest BCUT2D eigenvalue weighted by atomic mass is 10.1. The quantitative estimate of drug-likeness (QED) is 0.798. The Labute approximate surface area is 94.7 Å². The predicted octanol–water partition coefficient (Wildman–Crippen LogP) is 1.94. The summed E-state index contributed by atoms with van der Waals surface area (Å²) in [5, 5.41) is 0. The summed E-state index contributed by atoms with van der Waals surface area (Å²) in [5.41, 5.74) is 1.16. The topological polar surface area (TPSA) is 27.7 Å². The zero-order valence-corrected chi connectivity index (χ0v) is 9.55. The molecule has 0 atom stereocenters. The Kier molecular flexibility index (Phi) is 3.26. The van der Waals surface area contributed by atoms with Gasteiger partial charge in [0.1, 0.15) is 13.2 Å². The molecule has 0 radical (unpaired) electrons. The van der Waals surface area contributed by atoms with Gasteiger partial charge in [-0.3, -0.25) is 0 Å². The number of benzene rings is 1. The molecule has 0 saturated heterocycles. The van der Waals surface area contributed by atoms with E-state index in [4.69, 9.17) is 14.2 Å². The van der Waals surface area contributed by atoms with E-state index < -0.39 is 0 Å². The van der Waals surface area contributed by atoms with Gasteiger partial charge in [0, 0.05) is 0 Å². The summed E-state index contributed by atoms with van der Waals surface area (Å²) in [6.07, 6.45) is 0.899. The monoisotopic (exact) mass is 226 g/mol. The molecule has 1 aliphatic heterocycles. The lowest BCUT2D eigenvalue weighted by molar-refractivity contribution is 0.165. The molecule has 0 unspecified atom stereocenters. The number of hydrogen-bond donors (Lipinski definition) is 1. The normalized spacial score (nSPS) is 13.7. The Morgan fingerprint density at radius 1 is 1.33 bits per heavy atom. The average Bonchev–Trinajstić information content (AvgIpc) is 2.28. The summed E-state index contributed by atoms with van der Waals surface area (Å²) in [7, 11) is 1.64. The Hall–Kier alpha value is -1.03. The number of ether oxygens (including phenoxy) is 3. The van der Waals surface area contributed by atoms with Gasteiger partial charge in [0.2, 0.25) is 5.75 Å². The number of thiol groups is 1. The van der Waals surface area contributed by atoms with Crippen molar-refractivity contribution in [1.82, 2.24) is 0 Å². The van der Waals surface area contributed by atoms with Crippen LogP contribution in [0.1, 0.15) is 5.56 Å². The number of methoxy groups -OCH3 is 1. The number of rotatable bonds is 3. The van der Waals surface area contributed by atoms with Crippen molar-refractivity contribution in [2.24, 2.45) is 0 Å². The van der Waals surface area contributed by atoms with Crippen LogP contribution in [0.25, 0.3) is 0 Å². The fourth-order valence-electron chi connectivity index (χ4n) is 1.60. The van der Waals surface area contributed by atoms with E-state index in [2.05, 4.69) is 12.6 Å². The molecule has 1 aliphatic rings. The van der Waals surface area contributed by atoms with Gasteiger partial charge in [0.25, 0.3) is 0 Å². The molecule has 1 heterocycles. The maximum absolute atomic E-state index is 5.52. The van der Waals surface area contributed by atoms with Crippen LogP contribution in [0.3, 0.4) is 0 Å². The largest absolute Gasteiger partial charge is 0.493 e. The number of hydrogen-bond acceptors (Lipinski definition) is 4. The van der Waals surface area contributed by atoms with Gasteiger partial charge in [-0.25, -0.2) is 0 Å². The number of fused-ring (bicyclic) bond motifs is 1. The maximum Gasteiger partial charge on any atom is 0.203 e. The standard InChI is InChI=1S/C11H14O3S/c1-12-9-6-8(2-5-15)7-10-11(9)14-4-3-13-10/h6-7,15H,2-5H2,1H3. The Bertz CT molecular complexity index is 335. The molecule has 0 amide bonds. The van der Waals surface area contributed by atoms with Crippen LogP contribution in [-0.2, 0) is 6.42 Å². The van der Waals surface area contributed by atoms with Crippen LogP contribution in [0, 0.1) is 0 Å². The average molecular weight is 226 g/mol. The van der Waals surface area contributed by atoms with Crippen molar-refractivity contribution >= 4 is 12.6 Å². The van der Waals surface area contributed by atoms with Crippen molar-refractivity contribution < 1.29 is 14.2 Å². The molecule has 0 saturated carbocycles. The summed E-state index contributed by atoms with van der Waals surface area (Å²) in [6.45, 7) is 1.18. The lowest BCUT2D eigenvalue weighted by Gasteiger charge is -2.21. The third-order valence-electron chi connectivity index (χ3n) is 2.29. The molecule has 4 heteroatoms. The van der Waals surface area contributed by atoms with Crippen LogP contribution >= 0.6 is 12.6 Å². The molecule has 0 spiro atoms. The summed E-state index contributed by atoms with van der Waals surface area (Å²) >= 11 is 4.21. The summed E-state index contributed by atoms with van der Waals surface area (Å²) < 4.78 is 16.3. The number of aryl methyl sites for hydroxylation is 1. The molecule has 82 valence electrons. The van der Waals surface area contributed by atoms with Crippen molar-refractivity contribution in [1.29, 1.82) is 0 Å². The summed E-state index contributed by atoms with van der Waals surface area (Å²) in [5.74, 6) is 3.04. The molecule has 15 heavy (non-hydrogen) atoms. The molecular weight excluding hydrogens is 212 g/mol. The van der Waals surface area contributed by atoms with Crippen molar-refractivity contribution in [3.8, 4) is 17.2 Å². The van der Waals surface area contributed by atoms with E-state index in [0.29, 0.717) is 19.0 Å². The fraction of sp³-hybridized carbons (Fsp3) is 0.455. The van der Waals surface area contributed by atoms with Gasteiger partial charge in [-0.1, -0.05) is 0 Å². The molecule has 0 fully saturated rings. The molecule has 0 N–H and O–H groups in total. The van der Waals surface area contributed by atoms with E-state index >= 15 is 0 Å². The van der Waals surface area contributed by atoms with Gasteiger partial charge >= 0.3 is 0 Å². The smallest absolute Gasteiger partial charge is 0.203 e. The zero-order chi connectivity index (χ0) is 10.7. The second kappa shape index (κ2) is 4.66. The zero-order valence-electron chi connectivity index (χ0n) is 8.66. The molecule has 1 aromatic rings. The van der Waals surface area contributed by atoms with Gasteiger partial charge in [-0.2, -0.15) is 12.6 Å². The van der Waals surface area contributed by atoms with Crippen molar-refractivity contribution in [2.45, 2.75) is 6.42 Å². The second-order valence-corrected chi connectivity index (χ2v) is 3.74. The third-order valence-corrected chi connectivity index (χ3v) is 2.51. The highest BCUT2D eigenvalue weighted by molar-refractivity contribution is 7.80. The Morgan fingerprint density at radius 2 is 2.13 bits per heavy atom. The first-order valence-electron chi connectivity index (χ1n) is 4.92. The van der Waals surface area contributed by atoms with Crippen LogP contribution in [0.4, 0.5) is 0 Å². The summed E-state index contributed by atoms with van der Waals surface area (Å²) in [6, 6.07) is 3.97. The van der Waals surface area contributed by atoms with Crippen molar-refractivity contribution in [3.05, 3.63) is 17.7 Å². The molecule has 0 aliphatic carbocycles. The van der Waals surface area contributed by atoms with Crippen LogP contribution in [-0.4, -0.2) is 26.1 Å². The van der Waals surface area contributed by atoms with E-state index in [-0.39, 0.29) is 0 Å². The van der Waals surface area contributed by atoms with Crippen molar-refractivity contribution in [2.75, 3.05) is 26.1 Å². The van der Waals surface area contributed by atoms with E-state index in [1.54, 1.807) is 7.11 Å². The Balaban J connectivity index is 2.38. The van der Waals surface area contributed by atoms with Gasteiger partial charge in [-0.05, 0) is 29.9 Å². The van der Waals surface area contributed by atoms with Crippen LogP contribution in [0.15, 0.2) is 12.1 Å². The van der Waals surface area contributed by atoms with Gasteiger partial charge in [-0.15, -0.1) is 0 Å². The third kappa shape index (κ3) is 2.15. The van der Waals surface area contributed by atoms with Gasteiger partial charge in [0.15, 0.2) is 11.5 Å². The van der Waals surface area contributed by atoms with E-state index in [1.165, 1.54) is 0 Å². The summed E-state index contributed by atoms with van der Waals surface area (Å²) in [4.78, 5) is 0. The van der Waals surface area contributed by atoms with Crippen LogP contribution in [0.5, 0.6) is 17.2 Å². The first-order chi connectivity index (χ1) is 7.35. The minimum absolute atomic E-state index is 0.579. The second-order valence-electron chi connectivity index (χ2n) is 3.30. The fourth-order valence-corrected chi connectivity index (χ4v) is 1.86.